The summed E-state index contributed by atoms with van der Waals surface area (Å²) in [4.78, 5) is 20.7. The minimum atomic E-state index is 0.147. The highest BCUT2D eigenvalue weighted by Crippen LogP contribution is 2.19. The Hall–Kier alpha value is -1.62. The summed E-state index contributed by atoms with van der Waals surface area (Å²) in [7, 11) is 0. The van der Waals surface area contributed by atoms with Crippen molar-refractivity contribution in [2.24, 2.45) is 0 Å². The number of hydrogen-bond donors (Lipinski definition) is 1. The van der Waals surface area contributed by atoms with E-state index < -0.39 is 0 Å². The minimum absolute atomic E-state index is 0.147. The number of halogens is 1. The van der Waals surface area contributed by atoms with Crippen LogP contribution in [0.25, 0.3) is 11.2 Å². The van der Waals surface area contributed by atoms with E-state index in [2.05, 4.69) is 19.9 Å². The molecule has 0 aliphatic heterocycles. The number of nitrogens with one attached hydrogen (secondary N) is 1. The first-order chi connectivity index (χ1) is 10.3. The normalized spacial score (nSPS) is 14.5. The molecular formula is C15H19ClN4O. The zero-order valence-corrected chi connectivity index (χ0v) is 12.6. The Balaban J connectivity index is 1.66. The van der Waals surface area contributed by atoms with Crippen LogP contribution >= 0.6 is 11.6 Å². The van der Waals surface area contributed by atoms with Gasteiger partial charge in [-0.05, 0) is 31.4 Å². The fraction of sp³-hybridized carbons (Fsp3) is 0.533. The summed E-state index contributed by atoms with van der Waals surface area (Å²) >= 11 is 5.85. The van der Waals surface area contributed by atoms with Gasteiger partial charge in [-0.3, -0.25) is 4.79 Å². The standard InChI is InChI=1S/C15H19ClN4O/c16-8-7-13-19-12-3-1-9-17-15(12)20(13)10-2-4-14(21)18-11-5-6-11/h1,3,9,11H,2,4-8,10H2,(H,18,21). The number of carbonyl (C=O) groups is 1. The van der Waals surface area contributed by atoms with E-state index in [0.29, 0.717) is 24.8 Å². The SMILES string of the molecule is O=C(CCCn1c(CCCl)nc2cccnc21)NC1CC1. The molecule has 112 valence electrons. The number of rotatable bonds is 7. The predicted molar refractivity (Wildman–Crippen MR) is 82.4 cm³/mol. The molecule has 0 saturated heterocycles. The highest BCUT2D eigenvalue weighted by Gasteiger charge is 2.22. The first-order valence-electron chi connectivity index (χ1n) is 7.43. The van der Waals surface area contributed by atoms with E-state index in [9.17, 15) is 4.79 Å². The third-order valence-corrected chi connectivity index (χ3v) is 3.82. The fourth-order valence-electron chi connectivity index (χ4n) is 2.44. The summed E-state index contributed by atoms with van der Waals surface area (Å²) in [5, 5.41) is 3.01. The molecule has 5 nitrogen and oxygen atoms in total. The number of imidazole rings is 1. The van der Waals surface area contributed by atoms with Gasteiger partial charge in [-0.1, -0.05) is 0 Å². The highest BCUT2D eigenvalue weighted by molar-refractivity contribution is 6.17. The Kier molecular flexibility index (Phi) is 4.39. The largest absolute Gasteiger partial charge is 0.353 e. The summed E-state index contributed by atoms with van der Waals surface area (Å²) in [5.74, 6) is 1.63. The highest BCUT2D eigenvalue weighted by atomic mass is 35.5. The van der Waals surface area contributed by atoms with Gasteiger partial charge in [0.2, 0.25) is 5.91 Å². The average molecular weight is 307 g/mol. The first-order valence-corrected chi connectivity index (χ1v) is 7.97. The lowest BCUT2D eigenvalue weighted by molar-refractivity contribution is -0.121. The van der Waals surface area contributed by atoms with Gasteiger partial charge in [0.1, 0.15) is 11.3 Å². The van der Waals surface area contributed by atoms with Gasteiger partial charge < -0.3 is 9.88 Å². The monoisotopic (exact) mass is 306 g/mol. The maximum atomic E-state index is 11.7. The molecule has 1 aliphatic rings. The second kappa shape index (κ2) is 6.43. The molecule has 6 heteroatoms. The number of hydrogen-bond acceptors (Lipinski definition) is 3. The number of carbonyl (C=O) groups excluding carboxylic acids is 1. The lowest BCUT2D eigenvalue weighted by Crippen LogP contribution is -2.25. The van der Waals surface area contributed by atoms with Gasteiger partial charge in [0, 0.05) is 37.5 Å². The predicted octanol–water partition coefficient (Wildman–Crippen LogP) is 2.27. The number of aryl methyl sites for hydroxylation is 2. The number of nitrogens with zero attached hydrogens (tertiary/aromatic N) is 3. The van der Waals surface area contributed by atoms with E-state index in [1.807, 2.05) is 12.1 Å². The number of amides is 1. The van der Waals surface area contributed by atoms with Gasteiger partial charge in [-0.15, -0.1) is 11.6 Å². The molecule has 0 spiro atoms. The quantitative estimate of drug-likeness (QED) is 0.798. The van der Waals surface area contributed by atoms with Crippen molar-refractivity contribution in [1.82, 2.24) is 19.9 Å². The van der Waals surface area contributed by atoms with Crippen molar-refractivity contribution >= 4 is 28.7 Å². The van der Waals surface area contributed by atoms with E-state index in [1.165, 1.54) is 0 Å². The molecule has 0 aromatic carbocycles. The van der Waals surface area contributed by atoms with Crippen LogP contribution in [-0.2, 0) is 17.8 Å². The molecule has 1 aliphatic carbocycles. The zero-order valence-electron chi connectivity index (χ0n) is 11.9. The average Bonchev–Trinajstić information content (AvgIpc) is 3.21. The molecule has 1 saturated carbocycles. The van der Waals surface area contributed by atoms with Gasteiger partial charge in [-0.25, -0.2) is 9.97 Å². The van der Waals surface area contributed by atoms with Gasteiger partial charge in [0.15, 0.2) is 5.65 Å². The summed E-state index contributed by atoms with van der Waals surface area (Å²) in [6.45, 7) is 0.748. The molecule has 0 atom stereocenters. The Morgan fingerprint density at radius 1 is 1.48 bits per heavy atom. The lowest BCUT2D eigenvalue weighted by Gasteiger charge is -2.08. The summed E-state index contributed by atoms with van der Waals surface area (Å²) < 4.78 is 2.09. The van der Waals surface area contributed by atoms with Crippen LogP contribution in [-0.4, -0.2) is 32.4 Å². The van der Waals surface area contributed by atoms with Crippen molar-refractivity contribution in [1.29, 1.82) is 0 Å². The number of aromatic nitrogens is 3. The van der Waals surface area contributed by atoms with E-state index in [-0.39, 0.29) is 5.91 Å². The molecule has 1 N–H and O–H groups in total. The summed E-state index contributed by atoms with van der Waals surface area (Å²) in [6.07, 6.45) is 6.07. The Morgan fingerprint density at radius 3 is 3.10 bits per heavy atom. The van der Waals surface area contributed by atoms with Crippen molar-refractivity contribution in [3.63, 3.8) is 0 Å². The third kappa shape index (κ3) is 3.53. The fourth-order valence-corrected chi connectivity index (χ4v) is 2.61. The van der Waals surface area contributed by atoms with E-state index in [0.717, 1.165) is 42.8 Å². The van der Waals surface area contributed by atoms with Crippen LogP contribution in [0.2, 0.25) is 0 Å². The Bertz CT molecular complexity index is 636. The van der Waals surface area contributed by atoms with Crippen molar-refractivity contribution in [3.8, 4) is 0 Å². The smallest absolute Gasteiger partial charge is 0.220 e. The van der Waals surface area contributed by atoms with Gasteiger partial charge in [0.25, 0.3) is 0 Å². The Labute approximate surface area is 128 Å². The second-order valence-corrected chi connectivity index (χ2v) is 5.79. The van der Waals surface area contributed by atoms with Gasteiger partial charge in [0.05, 0.1) is 0 Å². The molecule has 1 amide bonds. The van der Waals surface area contributed by atoms with Gasteiger partial charge in [-0.2, -0.15) is 0 Å². The van der Waals surface area contributed by atoms with Crippen LogP contribution in [0.3, 0.4) is 0 Å². The Morgan fingerprint density at radius 2 is 2.33 bits per heavy atom. The van der Waals surface area contributed by atoms with Crippen molar-refractivity contribution in [3.05, 3.63) is 24.2 Å². The number of alkyl halides is 1. The van der Waals surface area contributed by atoms with Gasteiger partial charge >= 0.3 is 0 Å². The summed E-state index contributed by atoms with van der Waals surface area (Å²) in [6, 6.07) is 4.27. The second-order valence-electron chi connectivity index (χ2n) is 5.41. The minimum Gasteiger partial charge on any atom is -0.353 e. The van der Waals surface area contributed by atoms with Crippen LogP contribution in [0.15, 0.2) is 18.3 Å². The molecule has 2 aromatic heterocycles. The van der Waals surface area contributed by atoms with E-state index >= 15 is 0 Å². The van der Waals surface area contributed by atoms with E-state index in [1.54, 1.807) is 6.20 Å². The zero-order chi connectivity index (χ0) is 14.7. The molecule has 1 fully saturated rings. The molecule has 2 heterocycles. The molecule has 3 rings (SSSR count). The topological polar surface area (TPSA) is 59.8 Å². The van der Waals surface area contributed by atoms with Crippen LogP contribution in [0, 0.1) is 0 Å². The van der Waals surface area contributed by atoms with Crippen molar-refractivity contribution in [2.75, 3.05) is 5.88 Å². The molecule has 0 radical (unpaired) electrons. The summed E-state index contributed by atoms with van der Waals surface area (Å²) in [5.41, 5.74) is 1.76. The van der Waals surface area contributed by atoms with Crippen LogP contribution in [0.4, 0.5) is 0 Å². The van der Waals surface area contributed by atoms with Crippen LogP contribution in [0.1, 0.15) is 31.5 Å². The maximum Gasteiger partial charge on any atom is 0.220 e. The number of pyridine rings is 1. The van der Waals surface area contributed by atoms with Crippen LogP contribution < -0.4 is 5.32 Å². The van der Waals surface area contributed by atoms with Crippen molar-refractivity contribution < 1.29 is 4.79 Å². The van der Waals surface area contributed by atoms with E-state index in [4.69, 9.17) is 11.6 Å². The third-order valence-electron chi connectivity index (χ3n) is 3.63. The van der Waals surface area contributed by atoms with Crippen molar-refractivity contribution in [2.45, 2.75) is 44.7 Å². The first kappa shape index (κ1) is 14.3. The molecule has 0 unspecified atom stereocenters. The molecular weight excluding hydrogens is 288 g/mol. The molecule has 0 bridgehead atoms. The molecule has 21 heavy (non-hydrogen) atoms. The maximum absolute atomic E-state index is 11.7. The number of fused-ring (bicyclic) bond motifs is 1. The molecule has 2 aromatic rings. The lowest BCUT2D eigenvalue weighted by atomic mass is 10.3. The van der Waals surface area contributed by atoms with Crippen LogP contribution in [0.5, 0.6) is 0 Å².